The molecule has 0 saturated carbocycles. The first-order valence-electron chi connectivity index (χ1n) is 6.72. The summed E-state index contributed by atoms with van der Waals surface area (Å²) < 4.78 is 1.32. The van der Waals surface area contributed by atoms with Crippen molar-refractivity contribution < 1.29 is 4.79 Å². The molecular formula is C16H21NOS. The minimum absolute atomic E-state index is 0.0989. The molecular weight excluding hydrogens is 254 g/mol. The van der Waals surface area contributed by atoms with Crippen LogP contribution in [0.5, 0.6) is 0 Å². The first-order valence-corrected chi connectivity index (χ1v) is 7.54. The van der Waals surface area contributed by atoms with E-state index in [-0.39, 0.29) is 11.8 Å². The van der Waals surface area contributed by atoms with Gasteiger partial charge in [0.2, 0.25) is 5.91 Å². The molecule has 19 heavy (non-hydrogen) atoms. The van der Waals surface area contributed by atoms with Crippen molar-refractivity contribution in [2.45, 2.75) is 26.7 Å². The Kier molecular flexibility index (Phi) is 4.25. The first-order chi connectivity index (χ1) is 9.04. The Morgan fingerprint density at radius 3 is 2.58 bits per heavy atom. The van der Waals surface area contributed by atoms with Gasteiger partial charge in [0.15, 0.2) is 0 Å². The molecule has 0 fully saturated rings. The van der Waals surface area contributed by atoms with E-state index in [2.05, 4.69) is 38.1 Å². The van der Waals surface area contributed by atoms with Crippen LogP contribution < -0.4 is 0 Å². The SMILES string of the molecule is CCC(Cc1sc2ccccc2c1C)C(=O)N(C)C. The summed E-state index contributed by atoms with van der Waals surface area (Å²) in [5.74, 6) is 0.334. The third-order valence-electron chi connectivity index (χ3n) is 3.66. The molecule has 1 atom stereocenters. The number of fused-ring (bicyclic) bond motifs is 1. The predicted molar refractivity (Wildman–Crippen MR) is 82.7 cm³/mol. The van der Waals surface area contributed by atoms with Gasteiger partial charge in [0, 0.05) is 29.6 Å². The second-order valence-electron chi connectivity index (χ2n) is 5.19. The van der Waals surface area contributed by atoms with Gasteiger partial charge in [0.05, 0.1) is 0 Å². The number of aryl methyl sites for hydroxylation is 1. The van der Waals surface area contributed by atoms with Gasteiger partial charge in [-0.3, -0.25) is 4.79 Å². The van der Waals surface area contributed by atoms with Crippen LogP contribution in [0.2, 0.25) is 0 Å². The summed E-state index contributed by atoms with van der Waals surface area (Å²) in [6.45, 7) is 4.26. The molecule has 0 saturated heterocycles. The molecule has 0 aliphatic rings. The van der Waals surface area contributed by atoms with Gasteiger partial charge in [-0.2, -0.15) is 0 Å². The maximum absolute atomic E-state index is 12.1. The number of hydrogen-bond donors (Lipinski definition) is 0. The lowest BCUT2D eigenvalue weighted by molar-refractivity contribution is -0.133. The van der Waals surface area contributed by atoms with Crippen LogP contribution in [0.4, 0.5) is 0 Å². The molecule has 0 N–H and O–H groups in total. The summed E-state index contributed by atoms with van der Waals surface area (Å²) in [4.78, 5) is 15.2. The Balaban J connectivity index is 2.29. The quantitative estimate of drug-likeness (QED) is 0.829. The van der Waals surface area contributed by atoms with E-state index in [1.54, 1.807) is 4.90 Å². The highest BCUT2D eigenvalue weighted by molar-refractivity contribution is 7.19. The Morgan fingerprint density at radius 2 is 2.00 bits per heavy atom. The third-order valence-corrected chi connectivity index (χ3v) is 4.95. The highest BCUT2D eigenvalue weighted by Gasteiger charge is 2.21. The van der Waals surface area contributed by atoms with E-state index < -0.39 is 0 Å². The average Bonchev–Trinajstić information content (AvgIpc) is 2.72. The molecule has 1 unspecified atom stereocenters. The van der Waals surface area contributed by atoms with Crippen molar-refractivity contribution in [1.82, 2.24) is 4.90 Å². The summed E-state index contributed by atoms with van der Waals surface area (Å²) in [6, 6.07) is 8.48. The van der Waals surface area contributed by atoms with Gasteiger partial charge in [-0.05, 0) is 36.8 Å². The third kappa shape index (κ3) is 2.81. The second-order valence-corrected chi connectivity index (χ2v) is 6.33. The van der Waals surface area contributed by atoms with E-state index in [0.29, 0.717) is 0 Å². The van der Waals surface area contributed by atoms with E-state index in [1.807, 2.05) is 25.4 Å². The number of nitrogens with zero attached hydrogens (tertiary/aromatic N) is 1. The highest BCUT2D eigenvalue weighted by atomic mass is 32.1. The van der Waals surface area contributed by atoms with Crippen molar-refractivity contribution in [2.75, 3.05) is 14.1 Å². The Labute approximate surface area is 119 Å². The normalized spacial score (nSPS) is 12.6. The summed E-state index contributed by atoms with van der Waals surface area (Å²) in [5, 5.41) is 1.33. The number of hydrogen-bond acceptors (Lipinski definition) is 2. The number of amides is 1. The zero-order chi connectivity index (χ0) is 14.0. The van der Waals surface area contributed by atoms with E-state index in [9.17, 15) is 4.79 Å². The van der Waals surface area contributed by atoms with Crippen molar-refractivity contribution in [2.24, 2.45) is 5.92 Å². The van der Waals surface area contributed by atoms with Crippen molar-refractivity contribution in [3.8, 4) is 0 Å². The molecule has 2 aromatic rings. The van der Waals surface area contributed by atoms with Crippen molar-refractivity contribution in [3.63, 3.8) is 0 Å². The fourth-order valence-corrected chi connectivity index (χ4v) is 3.71. The van der Waals surface area contributed by atoms with Crippen LogP contribution in [0.3, 0.4) is 0 Å². The molecule has 1 heterocycles. The Hall–Kier alpha value is -1.35. The van der Waals surface area contributed by atoms with Crippen LogP contribution in [0.25, 0.3) is 10.1 Å². The Morgan fingerprint density at radius 1 is 1.32 bits per heavy atom. The number of thiophene rings is 1. The van der Waals surface area contributed by atoms with Gasteiger partial charge in [0.25, 0.3) is 0 Å². The van der Waals surface area contributed by atoms with Crippen molar-refractivity contribution in [3.05, 3.63) is 34.7 Å². The highest BCUT2D eigenvalue weighted by Crippen LogP contribution is 2.32. The predicted octanol–water partition coefficient (Wildman–Crippen LogP) is 3.87. The number of rotatable bonds is 4. The summed E-state index contributed by atoms with van der Waals surface area (Å²) in [5.41, 5.74) is 1.34. The molecule has 2 nitrogen and oxygen atoms in total. The van der Waals surface area contributed by atoms with E-state index in [1.165, 1.54) is 20.5 Å². The molecule has 3 heteroatoms. The van der Waals surface area contributed by atoms with Crippen LogP contribution in [0, 0.1) is 12.8 Å². The lowest BCUT2D eigenvalue weighted by atomic mass is 9.98. The second kappa shape index (κ2) is 5.74. The Bertz CT molecular complexity index is 585. The lowest BCUT2D eigenvalue weighted by Gasteiger charge is -2.18. The summed E-state index contributed by atoms with van der Waals surface area (Å²) in [6.07, 6.45) is 1.75. The topological polar surface area (TPSA) is 20.3 Å². The molecule has 0 aliphatic heterocycles. The van der Waals surface area contributed by atoms with Gasteiger partial charge >= 0.3 is 0 Å². The van der Waals surface area contributed by atoms with Crippen LogP contribution >= 0.6 is 11.3 Å². The minimum Gasteiger partial charge on any atom is -0.349 e. The van der Waals surface area contributed by atoms with Gasteiger partial charge in [0.1, 0.15) is 0 Å². The maximum Gasteiger partial charge on any atom is 0.225 e. The number of carbonyl (C=O) groups is 1. The van der Waals surface area contributed by atoms with Crippen molar-refractivity contribution in [1.29, 1.82) is 0 Å². The zero-order valence-electron chi connectivity index (χ0n) is 12.1. The lowest BCUT2D eigenvalue weighted by Crippen LogP contribution is -2.30. The first kappa shape index (κ1) is 14.1. The van der Waals surface area contributed by atoms with Gasteiger partial charge in [-0.25, -0.2) is 0 Å². The fraction of sp³-hybridized carbons (Fsp3) is 0.438. The fourth-order valence-electron chi connectivity index (χ4n) is 2.41. The van der Waals surface area contributed by atoms with Gasteiger partial charge < -0.3 is 4.90 Å². The number of benzene rings is 1. The van der Waals surface area contributed by atoms with Crippen LogP contribution in [-0.4, -0.2) is 24.9 Å². The van der Waals surface area contributed by atoms with Crippen LogP contribution in [0.15, 0.2) is 24.3 Å². The summed E-state index contributed by atoms with van der Waals surface area (Å²) >= 11 is 1.83. The van der Waals surface area contributed by atoms with Crippen LogP contribution in [-0.2, 0) is 11.2 Å². The maximum atomic E-state index is 12.1. The largest absolute Gasteiger partial charge is 0.349 e. The zero-order valence-corrected chi connectivity index (χ0v) is 12.9. The molecule has 1 amide bonds. The molecule has 0 radical (unpaired) electrons. The van der Waals surface area contributed by atoms with E-state index in [0.717, 1.165) is 12.8 Å². The molecule has 1 aromatic carbocycles. The molecule has 102 valence electrons. The van der Waals surface area contributed by atoms with Crippen LogP contribution in [0.1, 0.15) is 23.8 Å². The smallest absolute Gasteiger partial charge is 0.225 e. The molecule has 0 aliphatic carbocycles. The van der Waals surface area contributed by atoms with E-state index in [4.69, 9.17) is 0 Å². The molecule has 1 aromatic heterocycles. The van der Waals surface area contributed by atoms with Gasteiger partial charge in [-0.1, -0.05) is 25.1 Å². The standard InChI is InChI=1S/C16H21NOS/c1-5-12(16(18)17(3)4)10-15-11(2)13-8-6-7-9-14(13)19-15/h6-9,12H,5,10H2,1-4H3. The minimum atomic E-state index is 0.0989. The average molecular weight is 275 g/mol. The van der Waals surface area contributed by atoms with Gasteiger partial charge in [-0.15, -0.1) is 11.3 Å². The summed E-state index contributed by atoms with van der Waals surface area (Å²) in [7, 11) is 3.67. The molecule has 0 spiro atoms. The monoisotopic (exact) mass is 275 g/mol. The number of carbonyl (C=O) groups excluding carboxylic acids is 1. The van der Waals surface area contributed by atoms with Crippen molar-refractivity contribution >= 4 is 27.3 Å². The molecule has 2 rings (SSSR count). The van der Waals surface area contributed by atoms with E-state index >= 15 is 0 Å². The molecule has 0 bridgehead atoms.